The zero-order chi connectivity index (χ0) is 9.42. The van der Waals surface area contributed by atoms with Crippen LogP contribution < -0.4 is 16.8 Å². The lowest BCUT2D eigenvalue weighted by atomic mass is 10.4. The monoisotopic (exact) mass is 180 g/mol. The zero-order valence-electron chi connectivity index (χ0n) is 6.90. The lowest BCUT2D eigenvalue weighted by Gasteiger charge is -1.98. The molecule has 68 valence electrons. The van der Waals surface area contributed by atoms with Crippen molar-refractivity contribution in [1.82, 2.24) is 19.7 Å². The summed E-state index contributed by atoms with van der Waals surface area (Å²) in [5.41, 5.74) is 2.51. The number of nitrogens with two attached hydrogens (primary N) is 1. The van der Waals surface area contributed by atoms with Crippen molar-refractivity contribution in [1.29, 1.82) is 0 Å². The fourth-order valence-electron chi connectivity index (χ4n) is 1.10. The minimum atomic E-state index is -0.258. The van der Waals surface area contributed by atoms with Crippen LogP contribution in [0.1, 0.15) is 0 Å². The summed E-state index contributed by atoms with van der Waals surface area (Å²) in [6.45, 7) is 0. The van der Waals surface area contributed by atoms with Gasteiger partial charge in [0.2, 0.25) is 5.95 Å². The molecule has 0 amide bonds. The molecule has 2 aromatic rings. The molecule has 0 bridgehead atoms. The van der Waals surface area contributed by atoms with E-state index in [4.69, 9.17) is 5.84 Å². The summed E-state index contributed by atoms with van der Waals surface area (Å²) >= 11 is 0. The number of nitrogens with one attached hydrogen (secondary N) is 2. The fraction of sp³-hybridized carbons (Fsp3) is 0.167. The number of H-pyrrole nitrogens is 1. The molecule has 0 saturated heterocycles. The Hall–Kier alpha value is -1.89. The minimum absolute atomic E-state index is 0.223. The summed E-state index contributed by atoms with van der Waals surface area (Å²) in [4.78, 5) is 17.8. The Kier molecular flexibility index (Phi) is 1.52. The van der Waals surface area contributed by atoms with Gasteiger partial charge in [0.05, 0.1) is 6.20 Å². The largest absolute Gasteiger partial charge is 0.294 e. The van der Waals surface area contributed by atoms with Gasteiger partial charge in [0.15, 0.2) is 5.65 Å². The Morgan fingerprint density at radius 2 is 2.46 bits per heavy atom. The summed E-state index contributed by atoms with van der Waals surface area (Å²) in [7, 11) is 1.70. The van der Waals surface area contributed by atoms with Gasteiger partial charge >= 0.3 is 0 Å². The topological polar surface area (TPSA) is 102 Å². The molecule has 0 aliphatic heterocycles. The van der Waals surface area contributed by atoms with Gasteiger partial charge in [0.1, 0.15) is 5.39 Å². The second-order valence-corrected chi connectivity index (χ2v) is 2.56. The maximum absolute atomic E-state index is 11.3. The molecule has 0 aliphatic rings. The molecule has 0 aliphatic carbocycles. The molecular formula is C6H8N6O. The van der Waals surface area contributed by atoms with Gasteiger partial charge < -0.3 is 0 Å². The molecule has 7 nitrogen and oxygen atoms in total. The molecule has 0 saturated carbocycles. The van der Waals surface area contributed by atoms with Crippen molar-refractivity contribution in [3.8, 4) is 0 Å². The number of aromatic nitrogens is 4. The molecule has 0 radical (unpaired) electrons. The highest BCUT2D eigenvalue weighted by atomic mass is 16.1. The Labute approximate surface area is 72.5 Å². The highest BCUT2D eigenvalue weighted by Gasteiger charge is 2.06. The van der Waals surface area contributed by atoms with Crippen molar-refractivity contribution in [3.63, 3.8) is 0 Å². The number of rotatable bonds is 1. The van der Waals surface area contributed by atoms with E-state index in [0.29, 0.717) is 11.0 Å². The van der Waals surface area contributed by atoms with Crippen molar-refractivity contribution in [3.05, 3.63) is 16.6 Å². The first-order valence-corrected chi connectivity index (χ1v) is 3.61. The van der Waals surface area contributed by atoms with Crippen LogP contribution in [0.15, 0.2) is 11.0 Å². The zero-order valence-corrected chi connectivity index (χ0v) is 6.90. The summed E-state index contributed by atoms with van der Waals surface area (Å²) in [5, 5.41) is 4.34. The van der Waals surface area contributed by atoms with E-state index in [0.717, 1.165) is 0 Å². The summed E-state index contributed by atoms with van der Waals surface area (Å²) in [6.07, 6.45) is 1.46. The van der Waals surface area contributed by atoms with E-state index < -0.39 is 0 Å². The summed E-state index contributed by atoms with van der Waals surface area (Å²) in [6, 6.07) is 0. The predicted octanol–water partition coefficient (Wildman–Crippen LogP) is -1.06. The third-order valence-corrected chi connectivity index (χ3v) is 1.74. The third-order valence-electron chi connectivity index (χ3n) is 1.74. The number of nitrogens with zero attached hydrogens (tertiary/aromatic N) is 3. The molecule has 0 unspecified atom stereocenters. The maximum atomic E-state index is 11.3. The number of anilines is 1. The average molecular weight is 180 g/mol. The Morgan fingerprint density at radius 3 is 3.15 bits per heavy atom. The summed E-state index contributed by atoms with van der Waals surface area (Å²) in [5.74, 6) is 5.34. The molecule has 2 rings (SSSR count). The number of hydrogen-bond acceptors (Lipinski definition) is 5. The Balaban J connectivity index is 2.88. The highest BCUT2D eigenvalue weighted by molar-refractivity contribution is 5.74. The van der Waals surface area contributed by atoms with Gasteiger partial charge in [-0.25, -0.2) is 5.84 Å². The number of hydrazine groups is 1. The van der Waals surface area contributed by atoms with Crippen molar-refractivity contribution < 1.29 is 0 Å². The van der Waals surface area contributed by atoms with Gasteiger partial charge in [-0.2, -0.15) is 10.1 Å². The molecule has 7 heteroatoms. The highest BCUT2D eigenvalue weighted by Crippen LogP contribution is 2.05. The van der Waals surface area contributed by atoms with Crippen molar-refractivity contribution >= 4 is 17.0 Å². The standard InChI is InChI=1S/C6H8N6O/c1-12-4-3(2-8-12)5(13)10-6(9-4)11-7/h2H,7H2,1H3,(H2,9,10,11,13). The molecule has 2 heterocycles. The first-order valence-electron chi connectivity index (χ1n) is 3.61. The number of nitrogen functional groups attached to an aromatic ring is 1. The fourth-order valence-corrected chi connectivity index (χ4v) is 1.10. The van der Waals surface area contributed by atoms with Crippen LogP contribution in [0, 0.1) is 0 Å². The number of hydrogen-bond donors (Lipinski definition) is 3. The van der Waals surface area contributed by atoms with E-state index in [2.05, 4.69) is 20.5 Å². The SMILES string of the molecule is Cn1ncc2c(=O)[nH]c(NN)nc21. The first-order chi connectivity index (χ1) is 6.22. The third kappa shape index (κ3) is 1.05. The molecular weight excluding hydrogens is 172 g/mol. The molecule has 4 N–H and O–H groups in total. The molecule has 0 aromatic carbocycles. The van der Waals surface area contributed by atoms with Crippen LogP contribution in [0.5, 0.6) is 0 Å². The second kappa shape index (κ2) is 2.56. The van der Waals surface area contributed by atoms with E-state index in [1.165, 1.54) is 10.9 Å². The lowest BCUT2D eigenvalue weighted by molar-refractivity contribution is 0.785. The van der Waals surface area contributed by atoms with Crippen LogP contribution in [0.2, 0.25) is 0 Å². The average Bonchev–Trinajstić information content (AvgIpc) is 2.48. The number of fused-ring (bicyclic) bond motifs is 1. The molecule has 0 atom stereocenters. The number of aryl methyl sites for hydroxylation is 1. The van der Waals surface area contributed by atoms with Gasteiger partial charge in [-0.3, -0.25) is 19.9 Å². The predicted molar refractivity (Wildman–Crippen MR) is 46.9 cm³/mol. The van der Waals surface area contributed by atoms with Crippen LogP contribution in [-0.2, 0) is 7.05 Å². The maximum Gasteiger partial charge on any atom is 0.263 e. The van der Waals surface area contributed by atoms with E-state index >= 15 is 0 Å². The van der Waals surface area contributed by atoms with Crippen LogP contribution in [0.4, 0.5) is 5.95 Å². The molecule has 13 heavy (non-hydrogen) atoms. The number of aromatic amines is 1. The van der Waals surface area contributed by atoms with E-state index in [-0.39, 0.29) is 11.5 Å². The van der Waals surface area contributed by atoms with Gasteiger partial charge in [-0.05, 0) is 0 Å². The molecule has 2 aromatic heterocycles. The van der Waals surface area contributed by atoms with E-state index in [9.17, 15) is 4.79 Å². The Bertz CT molecular complexity index is 497. The summed E-state index contributed by atoms with van der Waals surface area (Å²) < 4.78 is 1.51. The second-order valence-electron chi connectivity index (χ2n) is 2.56. The van der Waals surface area contributed by atoms with Crippen LogP contribution in [0.25, 0.3) is 11.0 Å². The molecule has 0 spiro atoms. The first kappa shape index (κ1) is 7.74. The van der Waals surface area contributed by atoms with Crippen LogP contribution in [-0.4, -0.2) is 19.7 Å². The van der Waals surface area contributed by atoms with Gasteiger partial charge in [0.25, 0.3) is 5.56 Å². The Morgan fingerprint density at radius 1 is 1.69 bits per heavy atom. The van der Waals surface area contributed by atoms with Crippen molar-refractivity contribution in [2.24, 2.45) is 12.9 Å². The van der Waals surface area contributed by atoms with Crippen molar-refractivity contribution in [2.75, 3.05) is 5.43 Å². The van der Waals surface area contributed by atoms with Crippen LogP contribution >= 0.6 is 0 Å². The van der Waals surface area contributed by atoms with Gasteiger partial charge in [-0.15, -0.1) is 0 Å². The van der Waals surface area contributed by atoms with Gasteiger partial charge in [-0.1, -0.05) is 0 Å². The minimum Gasteiger partial charge on any atom is -0.294 e. The van der Waals surface area contributed by atoms with Crippen LogP contribution in [0.3, 0.4) is 0 Å². The lowest BCUT2D eigenvalue weighted by Crippen LogP contribution is -2.17. The molecule has 0 fully saturated rings. The van der Waals surface area contributed by atoms with Gasteiger partial charge in [0, 0.05) is 7.05 Å². The normalized spacial score (nSPS) is 10.6. The van der Waals surface area contributed by atoms with E-state index in [1.54, 1.807) is 7.05 Å². The van der Waals surface area contributed by atoms with Crippen molar-refractivity contribution in [2.45, 2.75) is 0 Å². The smallest absolute Gasteiger partial charge is 0.263 e. The van der Waals surface area contributed by atoms with E-state index in [1.807, 2.05) is 0 Å². The quantitative estimate of drug-likeness (QED) is 0.383.